The van der Waals surface area contributed by atoms with Gasteiger partial charge in [0.05, 0.1) is 83.7 Å². The average molecular weight is 2020 g/mol. The molecule has 5 aliphatic carbocycles. The second-order valence-electron chi connectivity index (χ2n) is 41.9. The van der Waals surface area contributed by atoms with Crippen molar-refractivity contribution in [1.82, 2.24) is 0 Å². The summed E-state index contributed by atoms with van der Waals surface area (Å²) in [5.74, 6) is -2.80. The highest BCUT2D eigenvalue weighted by Crippen LogP contribution is 2.76. The lowest BCUT2D eigenvalue weighted by Crippen LogP contribution is -2.68. The van der Waals surface area contributed by atoms with Crippen molar-refractivity contribution in [3.8, 4) is 11.5 Å². The summed E-state index contributed by atoms with van der Waals surface area (Å²) in [6, 6.07) is 4.06. The second kappa shape index (κ2) is 43.6. The van der Waals surface area contributed by atoms with Gasteiger partial charge in [-0.05, 0) is 141 Å². The predicted octanol–water partition coefficient (Wildman–Crippen LogP) is -8.63. The number of benzene rings is 1. The summed E-state index contributed by atoms with van der Waals surface area (Å²) < 4.78 is 119. The van der Waals surface area contributed by atoms with Gasteiger partial charge in [0.1, 0.15) is 189 Å². The molecule has 15 rings (SSSR count). The molecule has 9 aliphatic heterocycles. The van der Waals surface area contributed by atoms with Gasteiger partial charge in [-0.2, -0.15) is 0 Å². The summed E-state index contributed by atoms with van der Waals surface area (Å²) in [4.78, 5) is 29.3. The summed E-state index contributed by atoms with van der Waals surface area (Å²) in [5, 5.41) is 290. The summed E-state index contributed by atoms with van der Waals surface area (Å²) in [5.41, 5.74) is -2.59. The fourth-order valence-corrected chi connectivity index (χ4v) is 24.4. The molecule has 4 saturated carbocycles. The number of phenolic OH excluding ortho intramolecular Hbond substituents is 1. The first-order valence-electron chi connectivity index (χ1n) is 48.0. The predicted molar refractivity (Wildman–Crippen MR) is 460 cm³/mol. The monoisotopic (exact) mass is 2010 g/mol. The largest absolute Gasteiger partial charge is 0.504 e. The van der Waals surface area contributed by atoms with Crippen LogP contribution in [0.4, 0.5) is 0 Å². The molecular formula is C92H142O48. The van der Waals surface area contributed by atoms with Gasteiger partial charge >= 0.3 is 11.9 Å². The van der Waals surface area contributed by atoms with Gasteiger partial charge in [0.15, 0.2) is 67.9 Å². The Labute approximate surface area is 805 Å². The van der Waals surface area contributed by atoms with E-state index in [0.29, 0.717) is 64.2 Å². The number of allylic oxidation sites excluding steroid dienone is 2. The van der Waals surface area contributed by atoms with Gasteiger partial charge in [-0.15, -0.1) is 0 Å². The van der Waals surface area contributed by atoms with Gasteiger partial charge in [-0.3, -0.25) is 4.79 Å². The maximum atomic E-state index is 15.5. The first-order chi connectivity index (χ1) is 66.1. The summed E-state index contributed by atoms with van der Waals surface area (Å²) in [6.07, 6.45) is -70.1. The molecule has 48 nitrogen and oxygen atoms in total. The molecule has 0 spiro atoms. The standard InChI is InChI=1S/C92H142O48/c1-34-52(101)59(108)65(114)79(125-34)135-71-44(28-95)129-77(68(117)62(71)111)123-31-46-56(105)61(110)67(116)82(132-46)140-86(120)92-22-20-87(3,4)25-38(92)37-12-14-49-88(5)18-17-50(89(6,33-97)48(88)16-19-91(49,8)90(37,7)21-23-92)133-84-75(54(103)40(99)30-122-84)139-83-70(119)73(53(102)35(2)126-83)137-78-64(113)57(106)47(32-124-78)131-80-69(118)63(112)72(45(29-96)130-80)136-85-76(134-51(100)15-11-36-10-13-41(121-9)39(98)24-36)74(58(107)43(27-94)128-85)138-81-66(115)60(109)55(104)42(26-93)127-81/h10-13,15,24,34-35,38,40,42-50,52-85,93-99,101-119H,14,16-23,25-33H2,1-9H3. The maximum Gasteiger partial charge on any atom is 0.331 e. The van der Waals surface area contributed by atoms with Crippen molar-refractivity contribution in [2.24, 2.45) is 50.2 Å². The molecule has 14 aliphatic rings. The van der Waals surface area contributed by atoms with E-state index >= 15 is 4.79 Å². The molecule has 798 valence electrons. The number of phenols is 1. The first-order valence-corrected chi connectivity index (χ1v) is 48.0. The van der Waals surface area contributed by atoms with Crippen LogP contribution in [0.15, 0.2) is 35.9 Å². The Morgan fingerprint density at radius 1 is 0.436 bits per heavy atom. The smallest absolute Gasteiger partial charge is 0.331 e. The fourth-order valence-electron chi connectivity index (χ4n) is 24.4. The summed E-state index contributed by atoms with van der Waals surface area (Å²) >= 11 is 0. The molecule has 0 aromatic heterocycles. The number of aromatic hydroxyl groups is 1. The zero-order valence-corrected chi connectivity index (χ0v) is 78.9. The van der Waals surface area contributed by atoms with Crippen LogP contribution in [0.3, 0.4) is 0 Å². The van der Waals surface area contributed by atoms with Crippen molar-refractivity contribution >= 4 is 18.0 Å². The molecular weight excluding hydrogens is 1870 g/mol. The highest BCUT2D eigenvalue weighted by atomic mass is 16.8. The topological polar surface area (TPSA) is 745 Å². The zero-order chi connectivity index (χ0) is 102. The van der Waals surface area contributed by atoms with Crippen LogP contribution in [0.1, 0.15) is 125 Å². The van der Waals surface area contributed by atoms with Crippen LogP contribution < -0.4 is 4.74 Å². The molecule has 52 atom stereocenters. The van der Waals surface area contributed by atoms with Crippen molar-refractivity contribution in [2.45, 2.75) is 390 Å². The lowest BCUT2D eigenvalue weighted by atomic mass is 9.33. The van der Waals surface area contributed by atoms with E-state index in [1.165, 1.54) is 45.2 Å². The Morgan fingerprint density at radius 3 is 1.60 bits per heavy atom. The maximum absolute atomic E-state index is 15.5. The van der Waals surface area contributed by atoms with Gasteiger partial charge in [-0.1, -0.05) is 59.3 Å². The minimum absolute atomic E-state index is 0.0192. The normalized spacial score (nSPS) is 51.0. The molecule has 140 heavy (non-hydrogen) atoms. The van der Waals surface area contributed by atoms with Gasteiger partial charge in [-0.25, -0.2) is 4.79 Å². The molecule has 52 unspecified atom stereocenters. The minimum Gasteiger partial charge on any atom is -0.504 e. The Kier molecular flexibility index (Phi) is 34.2. The quantitative estimate of drug-likeness (QED) is 0.0160. The SMILES string of the molecule is COc1ccc(C=CC(=O)OC2C(OC3C(CO)OC(OC4COC(OC5C(O)C(C)OC(OC6C(OC7CCC8(C)C(CCC9(C)C8CC=C8C%10CC(C)(C)CCC%10(C(=O)OC%10OC(COC%11OC(CO)C(OC%12OC(C)C(O)C(O)C%12O)C(O)C%11O)C(O)C(O)C%10O)CCC89C)C7(C)CO)OCC(O)C6O)C5O)C(O)C4O)C(O)C3O)OC(CO)C(O)C2OC2OC(CO)C(O)C(O)C2O)cc1O. The average Bonchev–Trinajstić information content (AvgIpc) is 0.671. The van der Waals surface area contributed by atoms with E-state index in [1.54, 1.807) is 0 Å². The Morgan fingerprint density at radius 2 is 0.957 bits per heavy atom. The number of carbonyl (C=O) groups excluding carboxylic acids is 2. The Bertz CT molecular complexity index is 4350. The van der Waals surface area contributed by atoms with Crippen LogP contribution in [0.2, 0.25) is 0 Å². The van der Waals surface area contributed by atoms with Crippen molar-refractivity contribution in [3.05, 3.63) is 41.5 Å². The van der Waals surface area contributed by atoms with Crippen molar-refractivity contribution < 1.29 is 237 Å². The van der Waals surface area contributed by atoms with Crippen molar-refractivity contribution in [3.63, 3.8) is 0 Å². The van der Waals surface area contributed by atoms with Crippen LogP contribution in [0.5, 0.6) is 11.5 Å². The molecule has 9 saturated heterocycles. The number of esters is 2. The van der Waals surface area contributed by atoms with Crippen molar-refractivity contribution in [2.75, 3.05) is 60.0 Å². The molecule has 26 N–H and O–H groups in total. The van der Waals surface area contributed by atoms with Gasteiger partial charge < -0.3 is 228 Å². The molecule has 0 bridgehead atoms. The third-order valence-electron chi connectivity index (χ3n) is 33.1. The lowest BCUT2D eigenvalue weighted by Gasteiger charge is -2.71. The molecule has 13 fully saturated rings. The highest BCUT2D eigenvalue weighted by molar-refractivity contribution is 5.87. The van der Waals surface area contributed by atoms with Crippen LogP contribution in [0, 0.1) is 50.2 Å². The number of hydrogen-bond acceptors (Lipinski definition) is 48. The lowest BCUT2D eigenvalue weighted by molar-refractivity contribution is -0.391. The van der Waals surface area contributed by atoms with E-state index in [1.807, 2.05) is 6.92 Å². The number of rotatable bonds is 28. The fraction of sp³-hybridized carbons (Fsp3) is 0.870. The van der Waals surface area contributed by atoms with E-state index in [0.717, 1.165) is 11.6 Å². The van der Waals surface area contributed by atoms with E-state index < -0.39 is 361 Å². The number of carbonyl (C=O) groups is 2. The number of aliphatic hydroxyl groups is 25. The third kappa shape index (κ3) is 20.5. The molecule has 9 heterocycles. The van der Waals surface area contributed by atoms with Crippen LogP contribution in [-0.2, 0) is 99.6 Å². The number of aliphatic hydroxyl groups excluding tert-OH is 25. The highest BCUT2D eigenvalue weighted by Gasteiger charge is 2.72. The summed E-state index contributed by atoms with van der Waals surface area (Å²) in [6.45, 7) is 9.63. The van der Waals surface area contributed by atoms with E-state index in [4.69, 9.17) is 94.7 Å². The molecule has 0 radical (unpaired) electrons. The van der Waals surface area contributed by atoms with Crippen LogP contribution >= 0.6 is 0 Å². The minimum atomic E-state index is -2.23. The Balaban J connectivity index is 0.576. The van der Waals surface area contributed by atoms with E-state index in [9.17, 15) is 138 Å². The molecule has 48 heteroatoms. The number of ether oxygens (including phenoxy) is 20. The van der Waals surface area contributed by atoms with Gasteiger partial charge in [0, 0.05) is 11.5 Å². The van der Waals surface area contributed by atoms with E-state index in [-0.39, 0.29) is 40.9 Å². The Hall–Kier alpha value is -4.44. The molecule has 0 amide bonds. The third-order valence-corrected chi connectivity index (χ3v) is 33.1. The second-order valence-corrected chi connectivity index (χ2v) is 41.9. The molecule has 1 aromatic rings. The van der Waals surface area contributed by atoms with Crippen LogP contribution in [-0.4, -0.2) is 475 Å². The number of hydrogen-bond donors (Lipinski definition) is 26. The summed E-state index contributed by atoms with van der Waals surface area (Å²) in [7, 11) is 1.31. The van der Waals surface area contributed by atoms with Gasteiger partial charge in [0.2, 0.25) is 6.29 Å². The number of fused-ring (bicyclic) bond motifs is 7. The first kappa shape index (κ1) is 110. The van der Waals surface area contributed by atoms with Gasteiger partial charge in [0.25, 0.3) is 0 Å². The van der Waals surface area contributed by atoms with Crippen molar-refractivity contribution in [1.29, 1.82) is 0 Å². The molecule has 1 aromatic carbocycles. The van der Waals surface area contributed by atoms with Crippen LogP contribution in [0.25, 0.3) is 6.08 Å². The number of methoxy groups -OCH3 is 1. The van der Waals surface area contributed by atoms with E-state index in [2.05, 4.69) is 40.7 Å². The zero-order valence-electron chi connectivity index (χ0n) is 78.9.